The fraction of sp³-hybridized carbons (Fsp3) is 0.778. The van der Waals surface area contributed by atoms with E-state index in [0.717, 1.165) is 18.8 Å². The van der Waals surface area contributed by atoms with Gasteiger partial charge in [-0.2, -0.15) is 12.6 Å². The molecule has 0 saturated carbocycles. The van der Waals surface area contributed by atoms with Crippen molar-refractivity contribution in [1.82, 2.24) is 0 Å². The first-order chi connectivity index (χ1) is 5.91. The summed E-state index contributed by atoms with van der Waals surface area (Å²) in [7, 11) is 0. The van der Waals surface area contributed by atoms with Gasteiger partial charge in [-0.25, -0.2) is 0 Å². The van der Waals surface area contributed by atoms with E-state index >= 15 is 0 Å². The smallest absolute Gasteiger partial charge is 0.0704 e. The maximum Gasteiger partial charge on any atom is 0.0704 e. The van der Waals surface area contributed by atoms with E-state index in [1.165, 1.54) is 0 Å². The first kappa shape index (κ1) is 12.0. The van der Waals surface area contributed by atoms with Gasteiger partial charge in [0.25, 0.3) is 0 Å². The predicted molar refractivity (Wildman–Crippen MR) is 54.9 cm³/mol. The predicted octanol–water partition coefficient (Wildman–Crippen LogP) is 1.92. The number of rotatable bonds is 8. The molecule has 0 N–H and O–H groups in total. The van der Waals surface area contributed by atoms with Gasteiger partial charge in [0.15, 0.2) is 0 Å². The molecule has 0 aromatic rings. The zero-order valence-electron chi connectivity index (χ0n) is 7.66. The highest BCUT2D eigenvalue weighted by Gasteiger charge is 1.85. The molecule has 2 nitrogen and oxygen atoms in total. The topological polar surface area (TPSA) is 18.5 Å². The molecule has 0 spiro atoms. The normalized spacial score (nSPS) is 11.2. The molecule has 0 aliphatic heterocycles. The molecule has 0 aromatic carbocycles. The SMILES string of the molecule is CCCOCCOCC=CCS. The summed E-state index contributed by atoms with van der Waals surface area (Å²) < 4.78 is 10.5. The summed E-state index contributed by atoms with van der Waals surface area (Å²) in [4.78, 5) is 0. The largest absolute Gasteiger partial charge is 0.379 e. The Morgan fingerprint density at radius 3 is 2.50 bits per heavy atom. The molecular weight excluding hydrogens is 172 g/mol. The summed E-state index contributed by atoms with van der Waals surface area (Å²) >= 11 is 4.02. The Labute approximate surface area is 80.4 Å². The van der Waals surface area contributed by atoms with E-state index in [-0.39, 0.29) is 0 Å². The van der Waals surface area contributed by atoms with Crippen LogP contribution in [0.1, 0.15) is 13.3 Å². The molecule has 0 fully saturated rings. The minimum Gasteiger partial charge on any atom is -0.379 e. The zero-order chi connectivity index (χ0) is 9.07. The lowest BCUT2D eigenvalue weighted by atomic mass is 10.5. The molecule has 0 atom stereocenters. The van der Waals surface area contributed by atoms with E-state index in [9.17, 15) is 0 Å². The first-order valence-corrected chi connectivity index (χ1v) is 4.96. The van der Waals surface area contributed by atoms with Crippen LogP contribution in [0.2, 0.25) is 0 Å². The van der Waals surface area contributed by atoms with E-state index in [1.54, 1.807) is 0 Å². The third-order valence-electron chi connectivity index (χ3n) is 1.21. The van der Waals surface area contributed by atoms with Crippen molar-refractivity contribution >= 4 is 12.6 Å². The Morgan fingerprint density at radius 1 is 1.08 bits per heavy atom. The fourth-order valence-electron chi connectivity index (χ4n) is 0.658. The Balaban J connectivity index is 2.86. The number of ether oxygens (including phenoxy) is 2. The van der Waals surface area contributed by atoms with Crippen molar-refractivity contribution in [1.29, 1.82) is 0 Å². The Hall–Kier alpha value is 0.01000. The highest BCUT2D eigenvalue weighted by atomic mass is 32.1. The van der Waals surface area contributed by atoms with Crippen molar-refractivity contribution in [2.24, 2.45) is 0 Å². The fourth-order valence-corrected chi connectivity index (χ4v) is 0.807. The Bertz CT molecular complexity index is 105. The monoisotopic (exact) mass is 190 g/mol. The minimum atomic E-state index is 0.663. The van der Waals surface area contributed by atoms with Crippen molar-refractivity contribution in [3.8, 4) is 0 Å². The molecule has 0 bridgehead atoms. The molecule has 0 aliphatic rings. The van der Waals surface area contributed by atoms with Gasteiger partial charge in [-0.3, -0.25) is 0 Å². The van der Waals surface area contributed by atoms with Crippen molar-refractivity contribution in [3.05, 3.63) is 12.2 Å². The lowest BCUT2D eigenvalue weighted by Crippen LogP contribution is -2.04. The van der Waals surface area contributed by atoms with Gasteiger partial charge in [0.2, 0.25) is 0 Å². The molecule has 0 radical (unpaired) electrons. The van der Waals surface area contributed by atoms with E-state index in [0.29, 0.717) is 19.8 Å². The summed E-state index contributed by atoms with van der Waals surface area (Å²) in [5.74, 6) is 0.774. The zero-order valence-corrected chi connectivity index (χ0v) is 8.56. The van der Waals surface area contributed by atoms with Crippen LogP contribution >= 0.6 is 12.6 Å². The van der Waals surface area contributed by atoms with E-state index in [2.05, 4.69) is 19.6 Å². The van der Waals surface area contributed by atoms with Crippen LogP contribution in [-0.2, 0) is 9.47 Å². The van der Waals surface area contributed by atoms with Gasteiger partial charge in [0.05, 0.1) is 19.8 Å². The van der Waals surface area contributed by atoms with Gasteiger partial charge in [-0.1, -0.05) is 19.1 Å². The van der Waals surface area contributed by atoms with Gasteiger partial charge in [0.1, 0.15) is 0 Å². The van der Waals surface area contributed by atoms with Crippen molar-refractivity contribution in [2.75, 3.05) is 32.2 Å². The molecule has 12 heavy (non-hydrogen) atoms. The lowest BCUT2D eigenvalue weighted by Gasteiger charge is -2.01. The molecule has 72 valence electrons. The third-order valence-corrected chi connectivity index (χ3v) is 1.42. The second-order valence-electron chi connectivity index (χ2n) is 2.34. The number of thiol groups is 1. The minimum absolute atomic E-state index is 0.663. The number of hydrogen-bond acceptors (Lipinski definition) is 3. The number of hydrogen-bond donors (Lipinski definition) is 1. The van der Waals surface area contributed by atoms with Crippen LogP contribution < -0.4 is 0 Å². The van der Waals surface area contributed by atoms with Crippen LogP contribution in [0.25, 0.3) is 0 Å². The summed E-state index contributed by atoms with van der Waals surface area (Å²) in [6, 6.07) is 0. The average Bonchev–Trinajstić information content (AvgIpc) is 2.10. The van der Waals surface area contributed by atoms with Crippen LogP contribution in [0.4, 0.5) is 0 Å². The van der Waals surface area contributed by atoms with Gasteiger partial charge in [-0.15, -0.1) is 0 Å². The molecule has 0 amide bonds. The molecule has 0 aromatic heterocycles. The molecule has 0 rings (SSSR count). The molecule has 0 heterocycles. The Morgan fingerprint density at radius 2 is 1.83 bits per heavy atom. The lowest BCUT2D eigenvalue weighted by molar-refractivity contribution is 0.0587. The highest BCUT2D eigenvalue weighted by molar-refractivity contribution is 7.80. The van der Waals surface area contributed by atoms with E-state index < -0.39 is 0 Å². The van der Waals surface area contributed by atoms with Gasteiger partial charge >= 0.3 is 0 Å². The van der Waals surface area contributed by atoms with Crippen LogP contribution in [0, 0.1) is 0 Å². The average molecular weight is 190 g/mol. The molecule has 0 aliphatic carbocycles. The summed E-state index contributed by atoms with van der Waals surface area (Å²) in [6.45, 7) is 4.96. The summed E-state index contributed by atoms with van der Waals surface area (Å²) in [5, 5.41) is 0. The maximum atomic E-state index is 5.24. The Kier molecular flexibility index (Phi) is 11.0. The molecular formula is C9H18O2S. The highest BCUT2D eigenvalue weighted by Crippen LogP contribution is 1.83. The van der Waals surface area contributed by atoms with Crippen LogP contribution in [0.15, 0.2) is 12.2 Å². The molecule has 0 saturated heterocycles. The van der Waals surface area contributed by atoms with Crippen molar-refractivity contribution in [2.45, 2.75) is 13.3 Å². The van der Waals surface area contributed by atoms with Gasteiger partial charge < -0.3 is 9.47 Å². The van der Waals surface area contributed by atoms with E-state index in [4.69, 9.17) is 9.47 Å². The van der Waals surface area contributed by atoms with Crippen LogP contribution in [0.3, 0.4) is 0 Å². The maximum absolute atomic E-state index is 5.24. The standard InChI is InChI=1S/C9H18O2S/c1-2-5-10-7-8-11-6-3-4-9-12/h3-4,12H,2,5-9H2,1H3. The van der Waals surface area contributed by atoms with Crippen molar-refractivity contribution in [3.63, 3.8) is 0 Å². The van der Waals surface area contributed by atoms with E-state index in [1.807, 2.05) is 12.2 Å². The summed E-state index contributed by atoms with van der Waals surface area (Å²) in [6.07, 6.45) is 5.00. The third kappa shape index (κ3) is 10.0. The molecule has 0 unspecified atom stereocenters. The van der Waals surface area contributed by atoms with Gasteiger partial charge in [-0.05, 0) is 6.42 Å². The second kappa shape index (κ2) is 11.0. The molecule has 3 heteroatoms. The second-order valence-corrected chi connectivity index (χ2v) is 2.71. The van der Waals surface area contributed by atoms with Crippen molar-refractivity contribution < 1.29 is 9.47 Å². The summed E-state index contributed by atoms with van der Waals surface area (Å²) in [5.41, 5.74) is 0. The van der Waals surface area contributed by atoms with Gasteiger partial charge in [0, 0.05) is 12.4 Å². The van der Waals surface area contributed by atoms with Crippen LogP contribution in [-0.4, -0.2) is 32.2 Å². The van der Waals surface area contributed by atoms with Crippen LogP contribution in [0.5, 0.6) is 0 Å². The first-order valence-electron chi connectivity index (χ1n) is 4.33. The quantitative estimate of drug-likeness (QED) is 0.358.